The molecule has 24 heavy (non-hydrogen) atoms. The maximum Gasteiger partial charge on any atom is 0.226 e. The van der Waals surface area contributed by atoms with E-state index >= 15 is 0 Å². The van der Waals surface area contributed by atoms with Crippen LogP contribution in [0.1, 0.15) is 5.56 Å². The number of hydrogen-bond acceptors (Lipinski definition) is 4. The molecule has 0 aliphatic carbocycles. The molecule has 0 atom stereocenters. The van der Waals surface area contributed by atoms with Gasteiger partial charge in [0.2, 0.25) is 5.95 Å². The van der Waals surface area contributed by atoms with Gasteiger partial charge in [0.15, 0.2) is 0 Å². The Bertz CT molecular complexity index is 897. The molecule has 2 aromatic carbocycles. The number of hydrogen-bond donors (Lipinski definition) is 0. The summed E-state index contributed by atoms with van der Waals surface area (Å²) in [4.78, 5) is 10.8. The molecule has 5 heteroatoms. The van der Waals surface area contributed by atoms with Crippen molar-refractivity contribution in [3.8, 4) is 28.6 Å². The molecule has 0 spiro atoms. The molecule has 0 radical (unpaired) electrons. The van der Waals surface area contributed by atoms with Gasteiger partial charge in [-0.2, -0.15) is 5.26 Å². The Hall–Kier alpha value is -3.26. The lowest BCUT2D eigenvalue weighted by atomic mass is 10.0. The number of benzene rings is 2. The predicted molar refractivity (Wildman–Crippen MR) is 91.9 cm³/mol. The third kappa shape index (κ3) is 2.95. The molecule has 0 N–H and O–H groups in total. The van der Waals surface area contributed by atoms with Crippen LogP contribution in [0, 0.1) is 17.1 Å². The molecule has 0 amide bonds. The quantitative estimate of drug-likeness (QED) is 0.735. The topological polar surface area (TPSA) is 52.8 Å². The fraction of sp³-hybridized carbons (Fsp3) is 0.105. The summed E-state index contributed by atoms with van der Waals surface area (Å²) in [6.45, 7) is 0. The van der Waals surface area contributed by atoms with E-state index in [0.717, 1.165) is 5.56 Å². The molecule has 0 bridgehead atoms. The zero-order valence-electron chi connectivity index (χ0n) is 13.4. The highest BCUT2D eigenvalue weighted by Crippen LogP contribution is 2.31. The zero-order chi connectivity index (χ0) is 17.1. The van der Waals surface area contributed by atoms with Crippen molar-refractivity contribution in [3.05, 3.63) is 66.0 Å². The Morgan fingerprint density at radius 3 is 1.92 bits per heavy atom. The van der Waals surface area contributed by atoms with Gasteiger partial charge in [-0.1, -0.05) is 30.3 Å². The first-order valence-electron chi connectivity index (χ1n) is 7.41. The highest BCUT2D eigenvalue weighted by molar-refractivity contribution is 5.78. The molecular formula is C19H15FN4. The molecule has 0 unspecified atom stereocenters. The number of anilines is 1. The van der Waals surface area contributed by atoms with Gasteiger partial charge in [0.1, 0.15) is 17.4 Å². The fourth-order valence-electron chi connectivity index (χ4n) is 2.38. The second-order valence-electron chi connectivity index (χ2n) is 5.47. The van der Waals surface area contributed by atoms with Crippen LogP contribution < -0.4 is 4.90 Å². The van der Waals surface area contributed by atoms with Crippen LogP contribution in [0.3, 0.4) is 0 Å². The summed E-state index contributed by atoms with van der Waals surface area (Å²) in [5.74, 6) is 0.162. The van der Waals surface area contributed by atoms with Gasteiger partial charge in [0.05, 0.1) is 11.4 Å². The monoisotopic (exact) mass is 318 g/mol. The molecule has 0 fully saturated rings. The van der Waals surface area contributed by atoms with Crippen LogP contribution in [-0.4, -0.2) is 24.1 Å². The minimum absolute atomic E-state index is 0.331. The van der Waals surface area contributed by atoms with Gasteiger partial charge in [-0.25, -0.2) is 14.4 Å². The first kappa shape index (κ1) is 15.6. The molecule has 118 valence electrons. The molecular weight excluding hydrogens is 303 g/mol. The van der Waals surface area contributed by atoms with E-state index in [2.05, 4.69) is 16.0 Å². The summed E-state index contributed by atoms with van der Waals surface area (Å²) in [6, 6.07) is 17.7. The molecule has 0 aliphatic rings. The van der Waals surface area contributed by atoms with E-state index in [4.69, 9.17) is 0 Å². The highest BCUT2D eigenvalue weighted by Gasteiger charge is 2.18. The maximum absolute atomic E-state index is 13.2. The molecule has 4 nitrogen and oxygen atoms in total. The van der Waals surface area contributed by atoms with E-state index < -0.39 is 0 Å². The van der Waals surface area contributed by atoms with Crippen LogP contribution >= 0.6 is 0 Å². The van der Waals surface area contributed by atoms with E-state index in [0.29, 0.717) is 28.5 Å². The van der Waals surface area contributed by atoms with Crippen molar-refractivity contribution >= 4 is 5.95 Å². The molecule has 0 saturated carbocycles. The van der Waals surface area contributed by atoms with Gasteiger partial charge >= 0.3 is 0 Å². The summed E-state index contributed by atoms with van der Waals surface area (Å²) in [6.07, 6.45) is 0. The Morgan fingerprint density at radius 1 is 0.875 bits per heavy atom. The smallest absolute Gasteiger partial charge is 0.226 e. The Morgan fingerprint density at radius 2 is 1.42 bits per heavy atom. The van der Waals surface area contributed by atoms with E-state index in [-0.39, 0.29) is 5.82 Å². The van der Waals surface area contributed by atoms with Crippen molar-refractivity contribution in [1.29, 1.82) is 5.26 Å². The first-order valence-corrected chi connectivity index (χ1v) is 7.41. The van der Waals surface area contributed by atoms with Crippen molar-refractivity contribution in [3.63, 3.8) is 0 Å². The highest BCUT2D eigenvalue weighted by atomic mass is 19.1. The Labute approximate surface area is 139 Å². The van der Waals surface area contributed by atoms with Crippen LogP contribution in [0.4, 0.5) is 10.3 Å². The summed E-state index contributed by atoms with van der Waals surface area (Å²) < 4.78 is 13.2. The molecule has 0 saturated heterocycles. The van der Waals surface area contributed by atoms with Gasteiger partial charge in [0, 0.05) is 25.2 Å². The third-order valence-electron chi connectivity index (χ3n) is 3.57. The summed E-state index contributed by atoms with van der Waals surface area (Å²) in [7, 11) is 3.68. The van der Waals surface area contributed by atoms with Gasteiger partial charge < -0.3 is 4.90 Å². The second kappa shape index (κ2) is 6.47. The minimum Gasteiger partial charge on any atom is -0.347 e. The number of nitriles is 1. The summed E-state index contributed by atoms with van der Waals surface area (Å²) in [5, 5.41) is 9.69. The average Bonchev–Trinajstić information content (AvgIpc) is 2.62. The average molecular weight is 318 g/mol. The maximum atomic E-state index is 13.2. The van der Waals surface area contributed by atoms with Gasteiger partial charge in [-0.05, 0) is 24.3 Å². The van der Waals surface area contributed by atoms with Gasteiger partial charge in [-0.3, -0.25) is 0 Å². The molecule has 0 aliphatic heterocycles. The van der Waals surface area contributed by atoms with E-state index in [1.807, 2.05) is 44.4 Å². The second-order valence-corrected chi connectivity index (χ2v) is 5.47. The lowest BCUT2D eigenvalue weighted by molar-refractivity contribution is 0.628. The Kier molecular flexibility index (Phi) is 4.21. The first-order chi connectivity index (χ1) is 11.6. The summed E-state index contributed by atoms with van der Waals surface area (Å²) in [5.41, 5.74) is 2.95. The van der Waals surface area contributed by atoms with E-state index in [1.54, 1.807) is 17.0 Å². The van der Waals surface area contributed by atoms with Crippen molar-refractivity contribution in [2.75, 3.05) is 19.0 Å². The van der Waals surface area contributed by atoms with E-state index in [9.17, 15) is 9.65 Å². The fourth-order valence-corrected chi connectivity index (χ4v) is 2.38. The van der Waals surface area contributed by atoms with Gasteiger partial charge in [0.25, 0.3) is 0 Å². The zero-order valence-corrected chi connectivity index (χ0v) is 13.4. The minimum atomic E-state index is -0.331. The number of halogens is 1. The van der Waals surface area contributed by atoms with Crippen molar-refractivity contribution < 1.29 is 4.39 Å². The summed E-state index contributed by atoms with van der Waals surface area (Å²) >= 11 is 0. The molecule has 3 rings (SSSR count). The SMILES string of the molecule is CN(C)c1nc(-c2ccccc2)c(C#N)c(-c2ccc(F)cc2)n1. The van der Waals surface area contributed by atoms with Crippen LogP contribution in [-0.2, 0) is 0 Å². The molecule has 1 heterocycles. The normalized spacial score (nSPS) is 10.2. The predicted octanol–water partition coefficient (Wildman–Crippen LogP) is 3.89. The van der Waals surface area contributed by atoms with Crippen LogP contribution in [0.15, 0.2) is 54.6 Å². The largest absolute Gasteiger partial charge is 0.347 e. The van der Waals surface area contributed by atoms with Crippen molar-refractivity contribution in [2.24, 2.45) is 0 Å². The number of rotatable bonds is 3. The lowest BCUT2D eigenvalue weighted by Crippen LogP contribution is -2.14. The van der Waals surface area contributed by atoms with Crippen LogP contribution in [0.5, 0.6) is 0 Å². The Balaban J connectivity index is 2.30. The van der Waals surface area contributed by atoms with Gasteiger partial charge in [-0.15, -0.1) is 0 Å². The standard InChI is InChI=1S/C19H15FN4/c1-24(2)19-22-17(13-6-4-3-5-7-13)16(12-21)18(23-19)14-8-10-15(20)11-9-14/h3-11H,1-2H3. The third-order valence-corrected chi connectivity index (χ3v) is 3.57. The lowest BCUT2D eigenvalue weighted by Gasteiger charge is -2.15. The van der Waals surface area contributed by atoms with Crippen LogP contribution in [0.25, 0.3) is 22.5 Å². The molecule has 1 aromatic heterocycles. The van der Waals surface area contributed by atoms with Crippen molar-refractivity contribution in [1.82, 2.24) is 9.97 Å². The van der Waals surface area contributed by atoms with Crippen LogP contribution in [0.2, 0.25) is 0 Å². The van der Waals surface area contributed by atoms with E-state index in [1.165, 1.54) is 12.1 Å². The van der Waals surface area contributed by atoms with Crippen molar-refractivity contribution in [2.45, 2.75) is 0 Å². The number of nitrogens with zero attached hydrogens (tertiary/aromatic N) is 4. The molecule has 3 aromatic rings. The number of aromatic nitrogens is 2.